The van der Waals surface area contributed by atoms with Gasteiger partial charge in [0.25, 0.3) is 0 Å². The predicted molar refractivity (Wildman–Crippen MR) is 63.2 cm³/mol. The molecule has 1 fully saturated rings. The molecule has 0 saturated carbocycles. The van der Waals surface area contributed by atoms with Crippen LogP contribution in [0.4, 0.5) is 5.69 Å². The van der Waals surface area contributed by atoms with Crippen molar-refractivity contribution < 1.29 is 0 Å². The molecule has 2 heterocycles. The smallest absolute Gasteiger partial charge is 0.0402 e. The third kappa shape index (κ3) is 1.53. The number of rotatable bonds is 1. The summed E-state index contributed by atoms with van der Waals surface area (Å²) in [5.74, 6) is 0.877. The molecule has 0 aromatic heterocycles. The van der Waals surface area contributed by atoms with E-state index in [1.807, 2.05) is 0 Å². The average molecular weight is 202 g/mol. The van der Waals surface area contributed by atoms with E-state index in [1.165, 1.54) is 30.8 Å². The van der Waals surface area contributed by atoms with E-state index in [0.29, 0.717) is 0 Å². The SMILES string of the molecule is CC1CN(c2cccc3c2CCNC3)C1. The minimum absolute atomic E-state index is 0.877. The molecule has 1 N–H and O–H groups in total. The zero-order chi connectivity index (χ0) is 10.3. The number of nitrogens with zero attached hydrogens (tertiary/aromatic N) is 1. The van der Waals surface area contributed by atoms with Gasteiger partial charge in [0.1, 0.15) is 0 Å². The summed E-state index contributed by atoms with van der Waals surface area (Å²) in [7, 11) is 0. The standard InChI is InChI=1S/C13H18N2/c1-10-8-15(9-10)13-4-2-3-11-7-14-6-5-12(11)13/h2-4,10,14H,5-9H2,1H3. The number of hydrogen-bond acceptors (Lipinski definition) is 2. The van der Waals surface area contributed by atoms with Gasteiger partial charge < -0.3 is 10.2 Å². The fourth-order valence-corrected chi connectivity index (χ4v) is 2.70. The highest BCUT2D eigenvalue weighted by molar-refractivity contribution is 5.59. The molecule has 2 nitrogen and oxygen atoms in total. The Labute approximate surface area is 91.3 Å². The van der Waals surface area contributed by atoms with E-state index in [2.05, 4.69) is 35.3 Å². The second-order valence-electron chi connectivity index (χ2n) is 4.85. The topological polar surface area (TPSA) is 15.3 Å². The summed E-state index contributed by atoms with van der Waals surface area (Å²) in [5, 5.41) is 3.43. The van der Waals surface area contributed by atoms with Gasteiger partial charge in [0.05, 0.1) is 0 Å². The number of anilines is 1. The maximum atomic E-state index is 3.43. The first-order valence-electron chi connectivity index (χ1n) is 5.91. The molecule has 2 aliphatic rings. The van der Waals surface area contributed by atoms with E-state index < -0.39 is 0 Å². The fraction of sp³-hybridized carbons (Fsp3) is 0.538. The summed E-state index contributed by atoms with van der Waals surface area (Å²) in [5.41, 5.74) is 4.58. The molecule has 1 aromatic carbocycles. The molecule has 80 valence electrons. The minimum Gasteiger partial charge on any atom is -0.371 e. The van der Waals surface area contributed by atoms with E-state index in [9.17, 15) is 0 Å². The summed E-state index contributed by atoms with van der Waals surface area (Å²) >= 11 is 0. The highest BCUT2D eigenvalue weighted by Crippen LogP contribution is 2.31. The number of nitrogens with one attached hydrogen (secondary N) is 1. The van der Waals surface area contributed by atoms with Crippen molar-refractivity contribution in [2.24, 2.45) is 5.92 Å². The Bertz CT molecular complexity index is 367. The van der Waals surface area contributed by atoms with Gasteiger partial charge in [0.2, 0.25) is 0 Å². The van der Waals surface area contributed by atoms with Crippen molar-refractivity contribution in [3.05, 3.63) is 29.3 Å². The Morgan fingerprint density at radius 3 is 3.00 bits per heavy atom. The van der Waals surface area contributed by atoms with Crippen molar-refractivity contribution in [2.75, 3.05) is 24.5 Å². The molecule has 3 rings (SSSR count). The predicted octanol–water partition coefficient (Wildman–Crippen LogP) is 1.79. The van der Waals surface area contributed by atoms with E-state index in [0.717, 1.165) is 19.0 Å². The fourth-order valence-electron chi connectivity index (χ4n) is 2.70. The lowest BCUT2D eigenvalue weighted by atomic mass is 9.94. The molecule has 1 aromatic rings. The highest BCUT2D eigenvalue weighted by atomic mass is 15.2. The Hall–Kier alpha value is -1.02. The van der Waals surface area contributed by atoms with Gasteiger partial charge >= 0.3 is 0 Å². The molecule has 0 atom stereocenters. The monoisotopic (exact) mass is 202 g/mol. The van der Waals surface area contributed by atoms with Crippen LogP contribution in [0.25, 0.3) is 0 Å². The molecule has 2 heteroatoms. The Kier molecular flexibility index (Phi) is 2.17. The number of fused-ring (bicyclic) bond motifs is 1. The van der Waals surface area contributed by atoms with E-state index in [4.69, 9.17) is 0 Å². The third-order valence-corrected chi connectivity index (χ3v) is 3.52. The Balaban J connectivity index is 1.93. The van der Waals surface area contributed by atoms with Gasteiger partial charge in [-0.1, -0.05) is 19.1 Å². The molecule has 2 aliphatic heterocycles. The quantitative estimate of drug-likeness (QED) is 0.747. The van der Waals surface area contributed by atoms with Crippen LogP contribution in [-0.2, 0) is 13.0 Å². The van der Waals surface area contributed by atoms with Gasteiger partial charge in [0.15, 0.2) is 0 Å². The molecule has 15 heavy (non-hydrogen) atoms. The van der Waals surface area contributed by atoms with Crippen LogP contribution in [0.5, 0.6) is 0 Å². The van der Waals surface area contributed by atoms with E-state index in [-0.39, 0.29) is 0 Å². The molecule has 0 unspecified atom stereocenters. The number of hydrogen-bond donors (Lipinski definition) is 1. The largest absolute Gasteiger partial charge is 0.371 e. The molecule has 0 radical (unpaired) electrons. The first-order chi connectivity index (χ1) is 7.34. The number of benzene rings is 1. The van der Waals surface area contributed by atoms with Crippen LogP contribution in [0.3, 0.4) is 0 Å². The van der Waals surface area contributed by atoms with E-state index in [1.54, 1.807) is 5.56 Å². The lowest BCUT2D eigenvalue weighted by Crippen LogP contribution is -2.46. The van der Waals surface area contributed by atoms with Gasteiger partial charge in [-0.2, -0.15) is 0 Å². The van der Waals surface area contributed by atoms with Crippen LogP contribution >= 0.6 is 0 Å². The van der Waals surface area contributed by atoms with E-state index >= 15 is 0 Å². The summed E-state index contributed by atoms with van der Waals surface area (Å²) in [6, 6.07) is 6.74. The van der Waals surface area contributed by atoms with Gasteiger partial charge in [-0.3, -0.25) is 0 Å². The molecule has 0 amide bonds. The van der Waals surface area contributed by atoms with Crippen molar-refractivity contribution in [1.29, 1.82) is 0 Å². The van der Waals surface area contributed by atoms with Gasteiger partial charge in [-0.25, -0.2) is 0 Å². The summed E-state index contributed by atoms with van der Waals surface area (Å²) < 4.78 is 0. The molecular weight excluding hydrogens is 184 g/mol. The molecular formula is C13H18N2. The first-order valence-corrected chi connectivity index (χ1v) is 5.91. The third-order valence-electron chi connectivity index (χ3n) is 3.52. The van der Waals surface area contributed by atoms with Crippen molar-refractivity contribution in [3.8, 4) is 0 Å². The lowest BCUT2D eigenvalue weighted by molar-refractivity contribution is 0.445. The summed E-state index contributed by atoms with van der Waals surface area (Å²) in [6.45, 7) is 6.99. The van der Waals surface area contributed by atoms with Crippen LogP contribution in [0.2, 0.25) is 0 Å². The molecule has 0 aliphatic carbocycles. The van der Waals surface area contributed by atoms with Crippen LogP contribution in [-0.4, -0.2) is 19.6 Å². The Morgan fingerprint density at radius 2 is 2.20 bits per heavy atom. The maximum Gasteiger partial charge on any atom is 0.0402 e. The minimum atomic E-state index is 0.877. The van der Waals surface area contributed by atoms with Crippen molar-refractivity contribution >= 4 is 5.69 Å². The second-order valence-corrected chi connectivity index (χ2v) is 4.85. The second kappa shape index (κ2) is 3.53. The molecule has 0 bridgehead atoms. The van der Waals surface area contributed by atoms with Crippen molar-refractivity contribution in [1.82, 2.24) is 5.32 Å². The van der Waals surface area contributed by atoms with Gasteiger partial charge in [0, 0.05) is 25.3 Å². The molecule has 0 spiro atoms. The Morgan fingerprint density at radius 1 is 1.33 bits per heavy atom. The van der Waals surface area contributed by atoms with Gasteiger partial charge in [-0.05, 0) is 36.1 Å². The zero-order valence-electron chi connectivity index (χ0n) is 9.29. The van der Waals surface area contributed by atoms with Crippen LogP contribution < -0.4 is 10.2 Å². The van der Waals surface area contributed by atoms with Gasteiger partial charge in [-0.15, -0.1) is 0 Å². The average Bonchev–Trinajstić information content (AvgIpc) is 2.24. The molecule has 1 saturated heterocycles. The van der Waals surface area contributed by atoms with Crippen molar-refractivity contribution in [2.45, 2.75) is 19.9 Å². The van der Waals surface area contributed by atoms with Crippen molar-refractivity contribution in [3.63, 3.8) is 0 Å². The summed E-state index contributed by atoms with van der Waals surface area (Å²) in [4.78, 5) is 2.52. The highest BCUT2D eigenvalue weighted by Gasteiger charge is 2.25. The van der Waals surface area contributed by atoms with Crippen LogP contribution in [0.15, 0.2) is 18.2 Å². The summed E-state index contributed by atoms with van der Waals surface area (Å²) in [6.07, 6.45) is 1.19. The van der Waals surface area contributed by atoms with Crippen LogP contribution in [0, 0.1) is 5.92 Å². The van der Waals surface area contributed by atoms with Crippen LogP contribution in [0.1, 0.15) is 18.1 Å². The zero-order valence-corrected chi connectivity index (χ0v) is 9.29. The lowest BCUT2D eigenvalue weighted by Gasteiger charge is -2.41. The first kappa shape index (κ1) is 9.22. The maximum absolute atomic E-state index is 3.43. The normalized spacial score (nSPS) is 21.0.